The molecule has 0 aliphatic carbocycles. The Kier molecular flexibility index (Phi) is 5.29. The monoisotopic (exact) mass is 369 g/mol. The number of hydrogen-bond donors (Lipinski definition) is 0. The molecule has 118 valence electrons. The molecule has 0 N–H and O–H groups in total. The van der Waals surface area contributed by atoms with E-state index in [0.29, 0.717) is 0 Å². The molecule has 0 unspecified atom stereocenters. The van der Waals surface area contributed by atoms with Crippen molar-refractivity contribution in [3.8, 4) is 11.3 Å². The molecule has 1 heterocycles. The first kappa shape index (κ1) is 16.0. The first-order valence-corrected chi connectivity index (χ1v) is 8.78. The zero-order chi connectivity index (χ0) is 16.1. The minimum absolute atomic E-state index is 0.912. The van der Waals surface area contributed by atoms with E-state index in [1.807, 2.05) is 19.1 Å². The van der Waals surface area contributed by atoms with Crippen LogP contribution in [-0.2, 0) is 12.8 Å². The Labute approximate surface area is 145 Å². The van der Waals surface area contributed by atoms with Crippen molar-refractivity contribution in [1.29, 1.82) is 0 Å². The summed E-state index contributed by atoms with van der Waals surface area (Å²) in [7, 11) is 0. The summed E-state index contributed by atoms with van der Waals surface area (Å²) in [5.41, 5.74) is 4.73. The highest BCUT2D eigenvalue weighted by atomic mass is 79.9. The van der Waals surface area contributed by atoms with E-state index in [4.69, 9.17) is 4.52 Å². The number of hydrogen-bond acceptors (Lipinski definition) is 2. The van der Waals surface area contributed by atoms with Crippen molar-refractivity contribution < 1.29 is 4.52 Å². The fourth-order valence-corrected chi connectivity index (χ4v) is 3.05. The lowest BCUT2D eigenvalue weighted by molar-refractivity contribution is 0.426. The van der Waals surface area contributed by atoms with Gasteiger partial charge in [0.15, 0.2) is 5.76 Å². The summed E-state index contributed by atoms with van der Waals surface area (Å²) in [5.74, 6) is 0.912. The minimum Gasteiger partial charge on any atom is -0.356 e. The summed E-state index contributed by atoms with van der Waals surface area (Å²) >= 11 is 3.47. The number of unbranched alkanes of at least 4 members (excludes halogenated alkanes) is 1. The molecule has 0 saturated carbocycles. The van der Waals surface area contributed by atoms with E-state index in [2.05, 4.69) is 63.6 Å². The molecule has 3 rings (SSSR count). The van der Waals surface area contributed by atoms with Crippen LogP contribution in [0.15, 0.2) is 63.6 Å². The van der Waals surface area contributed by atoms with Crippen molar-refractivity contribution in [3.05, 3.63) is 75.9 Å². The molecule has 2 aromatic carbocycles. The van der Waals surface area contributed by atoms with Gasteiger partial charge in [-0.25, -0.2) is 0 Å². The molecule has 0 fully saturated rings. The Morgan fingerprint density at radius 3 is 2.35 bits per heavy atom. The van der Waals surface area contributed by atoms with E-state index in [-0.39, 0.29) is 0 Å². The van der Waals surface area contributed by atoms with Crippen molar-refractivity contribution in [2.45, 2.75) is 32.6 Å². The van der Waals surface area contributed by atoms with Crippen LogP contribution in [0.25, 0.3) is 11.3 Å². The molecule has 0 radical (unpaired) electrons. The van der Waals surface area contributed by atoms with E-state index < -0.39 is 0 Å². The fourth-order valence-electron chi connectivity index (χ4n) is 2.79. The van der Waals surface area contributed by atoms with Crippen molar-refractivity contribution in [2.75, 3.05) is 0 Å². The standard InChI is InChI=1S/C20H20BrNO/c1-15-19(10-6-5-9-16-7-3-2-4-8-16)20(23-22-15)17-11-13-18(21)14-12-17/h2-4,7-8,11-14H,5-6,9-10H2,1H3. The molecule has 0 spiro atoms. The highest BCUT2D eigenvalue weighted by Crippen LogP contribution is 2.28. The molecule has 0 saturated heterocycles. The summed E-state index contributed by atoms with van der Waals surface area (Å²) in [5, 5.41) is 4.17. The largest absolute Gasteiger partial charge is 0.356 e. The average molecular weight is 370 g/mol. The molecule has 0 aliphatic rings. The van der Waals surface area contributed by atoms with Crippen LogP contribution in [-0.4, -0.2) is 5.16 Å². The van der Waals surface area contributed by atoms with Gasteiger partial charge in [-0.1, -0.05) is 63.6 Å². The van der Waals surface area contributed by atoms with Crippen LogP contribution in [0.1, 0.15) is 29.7 Å². The molecule has 23 heavy (non-hydrogen) atoms. The number of halogens is 1. The Bertz CT molecular complexity index is 747. The Morgan fingerprint density at radius 1 is 0.913 bits per heavy atom. The number of aromatic nitrogens is 1. The summed E-state index contributed by atoms with van der Waals surface area (Å²) in [6.07, 6.45) is 4.45. The number of rotatable bonds is 6. The molecule has 1 aromatic heterocycles. The van der Waals surface area contributed by atoms with Gasteiger partial charge in [0.1, 0.15) is 0 Å². The van der Waals surface area contributed by atoms with Crippen LogP contribution in [0.2, 0.25) is 0 Å². The van der Waals surface area contributed by atoms with Crippen LogP contribution in [0.4, 0.5) is 0 Å². The van der Waals surface area contributed by atoms with Gasteiger partial charge in [0, 0.05) is 15.6 Å². The summed E-state index contributed by atoms with van der Waals surface area (Å²) in [6.45, 7) is 2.03. The van der Waals surface area contributed by atoms with Gasteiger partial charge >= 0.3 is 0 Å². The van der Waals surface area contributed by atoms with Gasteiger partial charge in [-0.05, 0) is 50.3 Å². The van der Waals surface area contributed by atoms with E-state index >= 15 is 0 Å². The van der Waals surface area contributed by atoms with Crippen LogP contribution in [0.5, 0.6) is 0 Å². The van der Waals surface area contributed by atoms with Gasteiger partial charge in [-0.2, -0.15) is 0 Å². The second-order valence-corrected chi connectivity index (χ2v) is 6.69. The lowest BCUT2D eigenvalue weighted by Gasteiger charge is -2.04. The van der Waals surface area contributed by atoms with Crippen molar-refractivity contribution in [3.63, 3.8) is 0 Å². The van der Waals surface area contributed by atoms with Crippen LogP contribution in [0.3, 0.4) is 0 Å². The maximum Gasteiger partial charge on any atom is 0.170 e. The molecule has 0 amide bonds. The average Bonchev–Trinajstić information content (AvgIpc) is 2.94. The third-order valence-electron chi connectivity index (χ3n) is 4.08. The Morgan fingerprint density at radius 2 is 1.61 bits per heavy atom. The Balaban J connectivity index is 1.64. The Hall–Kier alpha value is -1.87. The SMILES string of the molecule is Cc1noc(-c2ccc(Br)cc2)c1CCCCc1ccccc1. The van der Waals surface area contributed by atoms with Gasteiger partial charge in [0.2, 0.25) is 0 Å². The zero-order valence-corrected chi connectivity index (χ0v) is 14.8. The van der Waals surface area contributed by atoms with Gasteiger partial charge in [-0.3, -0.25) is 0 Å². The quantitative estimate of drug-likeness (QED) is 0.499. The minimum atomic E-state index is 0.912. The molecular weight excluding hydrogens is 350 g/mol. The number of benzene rings is 2. The van der Waals surface area contributed by atoms with E-state index in [1.165, 1.54) is 17.5 Å². The van der Waals surface area contributed by atoms with E-state index in [1.54, 1.807) is 0 Å². The van der Waals surface area contributed by atoms with Crippen LogP contribution < -0.4 is 0 Å². The van der Waals surface area contributed by atoms with Crippen LogP contribution >= 0.6 is 15.9 Å². The molecule has 0 atom stereocenters. The molecular formula is C20H20BrNO. The third kappa shape index (κ3) is 4.11. The highest BCUT2D eigenvalue weighted by molar-refractivity contribution is 9.10. The molecule has 3 heteroatoms. The van der Waals surface area contributed by atoms with Crippen molar-refractivity contribution >= 4 is 15.9 Å². The predicted octanol–water partition coefficient (Wildman–Crippen LogP) is 5.98. The lowest BCUT2D eigenvalue weighted by atomic mass is 10.00. The first-order valence-electron chi connectivity index (χ1n) is 7.99. The number of aryl methyl sites for hydroxylation is 2. The zero-order valence-electron chi connectivity index (χ0n) is 13.3. The normalized spacial score (nSPS) is 10.9. The second kappa shape index (κ2) is 7.60. The first-order chi connectivity index (χ1) is 11.2. The maximum absolute atomic E-state index is 5.57. The molecule has 0 bridgehead atoms. The summed E-state index contributed by atoms with van der Waals surface area (Å²) in [4.78, 5) is 0. The topological polar surface area (TPSA) is 26.0 Å². The second-order valence-electron chi connectivity index (χ2n) is 5.78. The molecule has 0 aliphatic heterocycles. The fraction of sp³-hybridized carbons (Fsp3) is 0.250. The predicted molar refractivity (Wildman–Crippen MR) is 97.5 cm³/mol. The van der Waals surface area contributed by atoms with Gasteiger partial charge < -0.3 is 4.52 Å². The molecule has 3 aromatic rings. The lowest BCUT2D eigenvalue weighted by Crippen LogP contribution is -1.92. The van der Waals surface area contributed by atoms with Crippen LogP contribution in [0, 0.1) is 6.92 Å². The van der Waals surface area contributed by atoms with E-state index in [0.717, 1.165) is 40.8 Å². The van der Waals surface area contributed by atoms with Crippen molar-refractivity contribution in [1.82, 2.24) is 5.16 Å². The van der Waals surface area contributed by atoms with Gasteiger partial charge in [-0.15, -0.1) is 0 Å². The third-order valence-corrected chi connectivity index (χ3v) is 4.60. The van der Waals surface area contributed by atoms with Gasteiger partial charge in [0.05, 0.1) is 5.69 Å². The van der Waals surface area contributed by atoms with E-state index in [9.17, 15) is 0 Å². The highest BCUT2D eigenvalue weighted by Gasteiger charge is 2.14. The van der Waals surface area contributed by atoms with Gasteiger partial charge in [0.25, 0.3) is 0 Å². The van der Waals surface area contributed by atoms with Crippen molar-refractivity contribution in [2.24, 2.45) is 0 Å². The molecule has 2 nitrogen and oxygen atoms in total. The summed E-state index contributed by atoms with van der Waals surface area (Å²) < 4.78 is 6.64. The maximum atomic E-state index is 5.57. The summed E-state index contributed by atoms with van der Waals surface area (Å²) in [6, 6.07) is 18.9. The number of nitrogens with zero attached hydrogens (tertiary/aromatic N) is 1. The smallest absolute Gasteiger partial charge is 0.170 e.